The van der Waals surface area contributed by atoms with Crippen LogP contribution in [0.2, 0.25) is 0 Å². The summed E-state index contributed by atoms with van der Waals surface area (Å²) < 4.78 is 17.2. The lowest BCUT2D eigenvalue weighted by atomic mass is 10.1. The van der Waals surface area contributed by atoms with Gasteiger partial charge in [0.15, 0.2) is 0 Å². The Morgan fingerprint density at radius 3 is 2.40 bits per heavy atom. The molecule has 20 heavy (non-hydrogen) atoms. The molecule has 0 aliphatic carbocycles. The zero-order chi connectivity index (χ0) is 14.6. The monoisotopic (exact) mass is 291 g/mol. The highest BCUT2D eigenvalue weighted by molar-refractivity contribution is 7.39. The standard InChI is InChI=1S/C15H18NO3P/c1-15(16,20(17)18)13-9-5-6-10-14(13)19-11-12-7-3-2-4-8-12/h2-10,20H,11,16H2,1H3,(H,17,18). The van der Waals surface area contributed by atoms with Crippen molar-refractivity contribution in [3.63, 3.8) is 0 Å². The Hall–Kier alpha value is -1.61. The Kier molecular flexibility index (Phi) is 4.61. The van der Waals surface area contributed by atoms with E-state index in [9.17, 15) is 9.46 Å². The molecule has 4 nitrogen and oxygen atoms in total. The molecule has 2 unspecified atom stereocenters. The molecule has 2 rings (SSSR count). The van der Waals surface area contributed by atoms with Gasteiger partial charge in [0.1, 0.15) is 17.6 Å². The molecule has 0 heterocycles. The van der Waals surface area contributed by atoms with E-state index in [4.69, 9.17) is 10.5 Å². The van der Waals surface area contributed by atoms with Crippen LogP contribution in [0.4, 0.5) is 0 Å². The lowest BCUT2D eigenvalue weighted by Crippen LogP contribution is -2.29. The molecular weight excluding hydrogens is 273 g/mol. The Morgan fingerprint density at radius 2 is 1.75 bits per heavy atom. The van der Waals surface area contributed by atoms with Crippen molar-refractivity contribution >= 4 is 8.03 Å². The second-order valence-corrected chi connectivity index (χ2v) is 6.43. The van der Waals surface area contributed by atoms with Gasteiger partial charge in [-0.1, -0.05) is 48.5 Å². The number of rotatable bonds is 5. The van der Waals surface area contributed by atoms with Crippen molar-refractivity contribution in [3.05, 3.63) is 65.7 Å². The van der Waals surface area contributed by atoms with E-state index in [1.165, 1.54) is 0 Å². The lowest BCUT2D eigenvalue weighted by molar-refractivity contribution is 0.299. The Balaban J connectivity index is 2.23. The van der Waals surface area contributed by atoms with Crippen LogP contribution in [0.5, 0.6) is 5.75 Å². The van der Waals surface area contributed by atoms with Crippen LogP contribution in [0, 0.1) is 0 Å². The molecule has 2 atom stereocenters. The molecule has 2 aromatic rings. The van der Waals surface area contributed by atoms with E-state index in [-0.39, 0.29) is 0 Å². The van der Waals surface area contributed by atoms with Gasteiger partial charge in [-0.2, -0.15) is 0 Å². The van der Waals surface area contributed by atoms with Crippen molar-refractivity contribution in [1.29, 1.82) is 0 Å². The van der Waals surface area contributed by atoms with E-state index >= 15 is 0 Å². The maximum absolute atomic E-state index is 11.5. The van der Waals surface area contributed by atoms with Crippen LogP contribution in [0.15, 0.2) is 54.6 Å². The third kappa shape index (κ3) is 3.28. The van der Waals surface area contributed by atoms with Crippen molar-refractivity contribution in [2.24, 2.45) is 5.73 Å². The molecule has 0 aromatic heterocycles. The molecule has 0 amide bonds. The predicted molar refractivity (Wildman–Crippen MR) is 80.0 cm³/mol. The number of para-hydroxylation sites is 1. The highest BCUT2D eigenvalue weighted by Crippen LogP contribution is 2.43. The third-order valence-electron chi connectivity index (χ3n) is 3.13. The average Bonchev–Trinajstić information content (AvgIpc) is 2.46. The molecule has 0 fully saturated rings. The SMILES string of the molecule is CC(N)(c1ccccc1OCc1ccccc1)[PH](=O)O. The molecule has 0 radical (unpaired) electrons. The average molecular weight is 291 g/mol. The van der Waals surface area contributed by atoms with Crippen LogP contribution in [0.25, 0.3) is 0 Å². The van der Waals surface area contributed by atoms with Crippen LogP contribution < -0.4 is 10.5 Å². The first-order valence-corrected chi connectivity index (χ1v) is 7.66. The van der Waals surface area contributed by atoms with Gasteiger partial charge in [0.05, 0.1) is 0 Å². The minimum absolute atomic E-state index is 0.389. The van der Waals surface area contributed by atoms with Crippen LogP contribution in [-0.2, 0) is 16.5 Å². The van der Waals surface area contributed by atoms with Gasteiger partial charge in [0.2, 0.25) is 8.03 Å². The highest BCUT2D eigenvalue weighted by atomic mass is 31.1. The van der Waals surface area contributed by atoms with E-state index in [2.05, 4.69) is 0 Å². The second-order valence-electron chi connectivity index (χ2n) is 4.78. The lowest BCUT2D eigenvalue weighted by Gasteiger charge is -2.24. The largest absolute Gasteiger partial charge is 0.489 e. The van der Waals surface area contributed by atoms with Gasteiger partial charge in [-0.15, -0.1) is 0 Å². The number of benzene rings is 2. The van der Waals surface area contributed by atoms with Crippen molar-refractivity contribution in [1.82, 2.24) is 0 Å². The number of nitrogens with two attached hydrogens (primary N) is 1. The van der Waals surface area contributed by atoms with E-state index in [0.717, 1.165) is 5.56 Å². The first-order valence-electron chi connectivity index (χ1n) is 6.30. The van der Waals surface area contributed by atoms with E-state index in [1.807, 2.05) is 36.4 Å². The van der Waals surface area contributed by atoms with Crippen LogP contribution in [0.3, 0.4) is 0 Å². The molecule has 3 N–H and O–H groups in total. The first-order chi connectivity index (χ1) is 9.51. The molecule has 106 valence electrons. The van der Waals surface area contributed by atoms with Crippen molar-refractivity contribution in [2.75, 3.05) is 0 Å². The van der Waals surface area contributed by atoms with Gasteiger partial charge in [-0.3, -0.25) is 4.57 Å². The molecule has 5 heteroatoms. The molecule has 2 aromatic carbocycles. The molecular formula is C15H18NO3P. The molecule has 0 saturated carbocycles. The topological polar surface area (TPSA) is 72.5 Å². The Labute approximate surface area is 119 Å². The smallest absolute Gasteiger partial charge is 0.212 e. The summed E-state index contributed by atoms with van der Waals surface area (Å²) in [6.07, 6.45) is 0. The number of hydrogen-bond donors (Lipinski definition) is 2. The molecule has 0 saturated heterocycles. The van der Waals surface area contributed by atoms with Gasteiger partial charge >= 0.3 is 0 Å². The van der Waals surface area contributed by atoms with Gasteiger partial charge < -0.3 is 15.4 Å². The maximum Gasteiger partial charge on any atom is 0.212 e. The van der Waals surface area contributed by atoms with Gasteiger partial charge in [-0.25, -0.2) is 0 Å². The fraction of sp³-hybridized carbons (Fsp3) is 0.200. The quantitative estimate of drug-likeness (QED) is 0.831. The molecule has 0 aliphatic heterocycles. The van der Waals surface area contributed by atoms with Crippen molar-refractivity contribution in [2.45, 2.75) is 18.8 Å². The second kappa shape index (κ2) is 6.23. The Morgan fingerprint density at radius 1 is 1.15 bits per heavy atom. The minimum atomic E-state index is -2.92. The zero-order valence-corrected chi connectivity index (χ0v) is 12.2. The summed E-state index contributed by atoms with van der Waals surface area (Å²) in [5.74, 6) is 0.536. The van der Waals surface area contributed by atoms with Crippen molar-refractivity contribution < 1.29 is 14.2 Å². The highest BCUT2D eigenvalue weighted by Gasteiger charge is 2.30. The summed E-state index contributed by atoms with van der Waals surface area (Å²) in [4.78, 5) is 9.41. The summed E-state index contributed by atoms with van der Waals surface area (Å²) in [5, 5.41) is -1.29. The number of hydrogen-bond acceptors (Lipinski definition) is 3. The molecule has 0 bridgehead atoms. The minimum Gasteiger partial charge on any atom is -0.489 e. The van der Waals surface area contributed by atoms with Crippen LogP contribution in [-0.4, -0.2) is 4.89 Å². The van der Waals surface area contributed by atoms with Crippen LogP contribution >= 0.6 is 8.03 Å². The van der Waals surface area contributed by atoms with E-state index in [0.29, 0.717) is 17.9 Å². The summed E-state index contributed by atoms with van der Waals surface area (Å²) in [6, 6.07) is 16.8. The maximum atomic E-state index is 11.5. The first kappa shape index (κ1) is 14.8. The predicted octanol–water partition coefficient (Wildman–Crippen LogP) is 2.86. The fourth-order valence-corrected chi connectivity index (χ4v) is 2.31. The van der Waals surface area contributed by atoms with E-state index < -0.39 is 13.3 Å². The number of ether oxygens (including phenoxy) is 1. The molecule has 0 aliphatic rings. The third-order valence-corrected chi connectivity index (χ3v) is 4.29. The van der Waals surface area contributed by atoms with Crippen LogP contribution in [0.1, 0.15) is 18.1 Å². The molecule has 0 spiro atoms. The summed E-state index contributed by atoms with van der Waals surface area (Å²) in [6.45, 7) is 1.93. The van der Waals surface area contributed by atoms with Gasteiger partial charge in [0.25, 0.3) is 0 Å². The Bertz CT molecular complexity index is 599. The summed E-state index contributed by atoms with van der Waals surface area (Å²) >= 11 is 0. The van der Waals surface area contributed by atoms with Gasteiger partial charge in [-0.05, 0) is 18.6 Å². The van der Waals surface area contributed by atoms with E-state index in [1.54, 1.807) is 25.1 Å². The fourth-order valence-electron chi connectivity index (χ4n) is 1.87. The zero-order valence-electron chi connectivity index (χ0n) is 11.2. The normalized spacial score (nSPS) is 15.3. The summed E-state index contributed by atoms with van der Waals surface area (Å²) in [5.41, 5.74) is 7.52. The van der Waals surface area contributed by atoms with Gasteiger partial charge in [0, 0.05) is 5.56 Å². The van der Waals surface area contributed by atoms with Crippen molar-refractivity contribution in [3.8, 4) is 5.75 Å². The summed E-state index contributed by atoms with van der Waals surface area (Å²) in [7, 11) is -2.92.